The summed E-state index contributed by atoms with van der Waals surface area (Å²) in [6.45, 7) is 1.24. The molecule has 1 saturated heterocycles. The molecule has 0 bridgehead atoms. The molecule has 0 radical (unpaired) electrons. The number of ether oxygens (including phenoxy) is 1. The Hall–Kier alpha value is -3.68. The summed E-state index contributed by atoms with van der Waals surface area (Å²) in [5.74, 6) is 0.385. The number of anilines is 1. The van der Waals surface area contributed by atoms with E-state index in [0.29, 0.717) is 42.1 Å². The first-order chi connectivity index (χ1) is 16.8. The van der Waals surface area contributed by atoms with Gasteiger partial charge in [-0.05, 0) is 61.2 Å². The van der Waals surface area contributed by atoms with Crippen LogP contribution in [0.3, 0.4) is 0 Å². The predicted molar refractivity (Wildman–Crippen MR) is 129 cm³/mol. The Bertz CT molecular complexity index is 1190. The number of Topliss-reactive ketones (excluding diaryl/α,β-unsaturated/α-hetero) is 1. The number of hydrogen-bond donors (Lipinski definition) is 0. The lowest BCUT2D eigenvalue weighted by molar-refractivity contribution is -0.129. The van der Waals surface area contributed by atoms with E-state index in [-0.39, 0.29) is 48.5 Å². The van der Waals surface area contributed by atoms with Crippen LogP contribution in [0.15, 0.2) is 42.5 Å². The number of ketones is 1. The van der Waals surface area contributed by atoms with E-state index in [1.165, 1.54) is 9.80 Å². The van der Waals surface area contributed by atoms with Crippen LogP contribution in [0.5, 0.6) is 5.75 Å². The molecule has 182 valence electrons. The minimum Gasteiger partial charge on any atom is -0.493 e. The van der Waals surface area contributed by atoms with Crippen molar-refractivity contribution in [3.8, 4) is 5.75 Å². The topological polar surface area (TPSA) is 87.2 Å². The van der Waals surface area contributed by atoms with E-state index in [0.717, 1.165) is 18.4 Å². The minimum atomic E-state index is -0.277. The van der Waals surface area contributed by atoms with Crippen LogP contribution in [0.4, 0.5) is 5.69 Å². The van der Waals surface area contributed by atoms with Crippen molar-refractivity contribution in [2.45, 2.75) is 25.8 Å². The average molecular weight is 476 g/mol. The van der Waals surface area contributed by atoms with Crippen molar-refractivity contribution in [2.24, 2.45) is 11.8 Å². The molecule has 1 unspecified atom stereocenters. The number of benzene rings is 2. The summed E-state index contributed by atoms with van der Waals surface area (Å²) in [4.78, 5) is 54.8. The third kappa shape index (κ3) is 4.65. The lowest BCUT2D eigenvalue weighted by Crippen LogP contribution is -2.36. The Morgan fingerprint density at radius 2 is 1.77 bits per heavy atom. The molecule has 3 amide bonds. The van der Waals surface area contributed by atoms with E-state index in [1.54, 1.807) is 49.3 Å². The largest absolute Gasteiger partial charge is 0.493 e. The number of carbonyl (C=O) groups is 4. The van der Waals surface area contributed by atoms with Crippen molar-refractivity contribution < 1.29 is 23.9 Å². The van der Waals surface area contributed by atoms with Crippen LogP contribution >= 0.6 is 0 Å². The maximum absolute atomic E-state index is 13.1. The zero-order valence-corrected chi connectivity index (χ0v) is 20.0. The Balaban J connectivity index is 1.19. The number of carbonyl (C=O) groups excluding carboxylic acids is 4. The van der Waals surface area contributed by atoms with Crippen LogP contribution in [0.2, 0.25) is 0 Å². The number of rotatable bonds is 8. The van der Waals surface area contributed by atoms with E-state index in [4.69, 9.17) is 4.74 Å². The molecule has 0 N–H and O–H groups in total. The van der Waals surface area contributed by atoms with Gasteiger partial charge in [-0.1, -0.05) is 6.07 Å². The number of hydrogen-bond acceptors (Lipinski definition) is 5. The van der Waals surface area contributed by atoms with Crippen LogP contribution in [0.1, 0.15) is 45.5 Å². The lowest BCUT2D eigenvalue weighted by Gasteiger charge is -2.18. The van der Waals surface area contributed by atoms with E-state index >= 15 is 0 Å². The van der Waals surface area contributed by atoms with Gasteiger partial charge in [-0.3, -0.25) is 19.2 Å². The maximum Gasteiger partial charge on any atom is 0.255 e. The normalized spacial score (nSPS) is 19.2. The van der Waals surface area contributed by atoms with Crippen molar-refractivity contribution in [1.29, 1.82) is 0 Å². The van der Waals surface area contributed by atoms with Crippen molar-refractivity contribution in [3.63, 3.8) is 0 Å². The summed E-state index contributed by atoms with van der Waals surface area (Å²) in [6.07, 6.45) is 2.61. The van der Waals surface area contributed by atoms with Gasteiger partial charge in [0.25, 0.3) is 5.91 Å². The SMILES string of the molecule is CN(C)C(=O)CN1Cc2ccc(N3CCC(COc4ccc(C(=O)C5CC5)cc4)C3=O)cc2C1=O. The van der Waals surface area contributed by atoms with Gasteiger partial charge in [0, 0.05) is 49.9 Å². The summed E-state index contributed by atoms with van der Waals surface area (Å²) >= 11 is 0. The molecule has 1 aliphatic carbocycles. The van der Waals surface area contributed by atoms with Gasteiger partial charge in [-0.15, -0.1) is 0 Å². The Labute approximate surface area is 204 Å². The van der Waals surface area contributed by atoms with Crippen LogP contribution in [-0.4, -0.2) is 67.1 Å². The van der Waals surface area contributed by atoms with Gasteiger partial charge in [0.15, 0.2) is 5.78 Å². The van der Waals surface area contributed by atoms with E-state index in [1.807, 2.05) is 12.1 Å². The first kappa shape index (κ1) is 23.1. The first-order valence-corrected chi connectivity index (χ1v) is 12.0. The number of amides is 3. The van der Waals surface area contributed by atoms with Gasteiger partial charge in [0.05, 0.1) is 12.5 Å². The van der Waals surface area contributed by atoms with E-state index < -0.39 is 0 Å². The third-order valence-electron chi connectivity index (χ3n) is 6.96. The summed E-state index contributed by atoms with van der Waals surface area (Å²) in [6, 6.07) is 12.6. The van der Waals surface area contributed by atoms with E-state index in [2.05, 4.69) is 0 Å². The Morgan fingerprint density at radius 1 is 1.03 bits per heavy atom. The second-order valence-corrected chi connectivity index (χ2v) is 9.74. The van der Waals surface area contributed by atoms with Crippen LogP contribution in [0.25, 0.3) is 0 Å². The molecule has 8 nitrogen and oxygen atoms in total. The highest BCUT2D eigenvalue weighted by Gasteiger charge is 2.35. The molecule has 0 aromatic heterocycles. The van der Waals surface area contributed by atoms with Gasteiger partial charge < -0.3 is 19.4 Å². The fraction of sp³-hybridized carbons (Fsp3) is 0.407. The van der Waals surface area contributed by atoms with Crippen molar-refractivity contribution in [2.75, 3.05) is 38.7 Å². The Morgan fingerprint density at radius 3 is 2.46 bits per heavy atom. The molecule has 3 aliphatic rings. The quantitative estimate of drug-likeness (QED) is 0.548. The molecule has 2 fully saturated rings. The molecular weight excluding hydrogens is 446 g/mol. The first-order valence-electron chi connectivity index (χ1n) is 12.0. The highest BCUT2D eigenvalue weighted by Crippen LogP contribution is 2.33. The average Bonchev–Trinajstić information content (AvgIpc) is 3.58. The zero-order valence-electron chi connectivity index (χ0n) is 20.0. The van der Waals surface area contributed by atoms with Crippen LogP contribution in [0, 0.1) is 11.8 Å². The minimum absolute atomic E-state index is 0.0319. The van der Waals surface area contributed by atoms with Gasteiger partial charge in [0.1, 0.15) is 12.3 Å². The molecule has 2 aromatic rings. The van der Waals surface area contributed by atoms with Crippen LogP contribution in [-0.2, 0) is 16.1 Å². The second kappa shape index (κ2) is 9.17. The third-order valence-corrected chi connectivity index (χ3v) is 6.96. The number of nitrogens with zero attached hydrogens (tertiary/aromatic N) is 3. The van der Waals surface area contributed by atoms with Gasteiger partial charge in [-0.25, -0.2) is 0 Å². The molecule has 0 spiro atoms. The molecule has 2 heterocycles. The summed E-state index contributed by atoms with van der Waals surface area (Å²) in [5.41, 5.74) is 2.80. The zero-order chi connectivity index (χ0) is 24.7. The van der Waals surface area contributed by atoms with Crippen molar-refractivity contribution >= 4 is 29.2 Å². The highest BCUT2D eigenvalue weighted by molar-refractivity contribution is 6.03. The molecule has 2 aromatic carbocycles. The van der Waals surface area contributed by atoms with Gasteiger partial charge in [-0.2, -0.15) is 0 Å². The predicted octanol–water partition coefficient (Wildman–Crippen LogP) is 2.76. The molecule has 8 heteroatoms. The molecule has 35 heavy (non-hydrogen) atoms. The van der Waals surface area contributed by atoms with E-state index in [9.17, 15) is 19.2 Å². The number of fused-ring (bicyclic) bond motifs is 1. The van der Waals surface area contributed by atoms with Crippen molar-refractivity contribution in [3.05, 3.63) is 59.2 Å². The molecule has 1 saturated carbocycles. The summed E-state index contributed by atoms with van der Waals surface area (Å²) in [5, 5.41) is 0. The number of likely N-dealkylation sites (N-methyl/N-ethyl adjacent to an activating group) is 1. The fourth-order valence-corrected chi connectivity index (χ4v) is 4.59. The van der Waals surface area contributed by atoms with Crippen LogP contribution < -0.4 is 9.64 Å². The summed E-state index contributed by atoms with van der Waals surface area (Å²) < 4.78 is 5.86. The van der Waals surface area contributed by atoms with Gasteiger partial charge >= 0.3 is 0 Å². The molecule has 2 aliphatic heterocycles. The lowest BCUT2D eigenvalue weighted by atomic mass is 10.1. The Kier molecular flexibility index (Phi) is 6.05. The molecule has 1 atom stereocenters. The molecular formula is C27H29N3O5. The summed E-state index contributed by atoms with van der Waals surface area (Å²) in [7, 11) is 3.33. The molecule has 5 rings (SSSR count). The maximum atomic E-state index is 13.1. The highest BCUT2D eigenvalue weighted by atomic mass is 16.5. The fourth-order valence-electron chi connectivity index (χ4n) is 4.59. The second-order valence-electron chi connectivity index (χ2n) is 9.74. The monoisotopic (exact) mass is 475 g/mol. The smallest absolute Gasteiger partial charge is 0.255 e. The van der Waals surface area contributed by atoms with Crippen molar-refractivity contribution in [1.82, 2.24) is 9.80 Å². The van der Waals surface area contributed by atoms with Gasteiger partial charge in [0.2, 0.25) is 11.8 Å². The standard InChI is InChI=1S/C27H29N3O5/c1-28(2)24(31)15-29-14-19-5-8-21(13-23(19)27(29)34)30-12-11-20(26(30)33)16-35-22-9-6-18(7-10-22)25(32)17-3-4-17/h5-10,13,17,20H,3-4,11-12,14-16H2,1-2H3.